The second-order valence-corrected chi connectivity index (χ2v) is 4.21. The van der Waals surface area contributed by atoms with Crippen molar-refractivity contribution in [3.63, 3.8) is 0 Å². The molecule has 0 spiro atoms. The highest BCUT2D eigenvalue weighted by Crippen LogP contribution is 2.27. The minimum absolute atomic E-state index is 0.0724. The van der Waals surface area contributed by atoms with Gasteiger partial charge in [-0.2, -0.15) is 18.3 Å². The molecule has 0 fully saturated rings. The van der Waals surface area contributed by atoms with Crippen LogP contribution in [-0.2, 0) is 17.4 Å². The van der Waals surface area contributed by atoms with Crippen molar-refractivity contribution < 1.29 is 18.0 Å². The first-order chi connectivity index (χ1) is 9.34. The van der Waals surface area contributed by atoms with Gasteiger partial charge in [0.15, 0.2) is 5.82 Å². The summed E-state index contributed by atoms with van der Waals surface area (Å²) in [5, 5.41) is 9.01. The number of H-pyrrole nitrogens is 1. The quantitative estimate of drug-likeness (QED) is 0.908. The molecule has 2 aromatic heterocycles. The van der Waals surface area contributed by atoms with Gasteiger partial charge in [0.25, 0.3) is 0 Å². The first-order valence-corrected chi connectivity index (χ1v) is 5.68. The van der Waals surface area contributed by atoms with Crippen LogP contribution in [0, 0.1) is 6.92 Å². The fourth-order valence-electron chi connectivity index (χ4n) is 1.55. The fourth-order valence-corrected chi connectivity index (χ4v) is 1.55. The van der Waals surface area contributed by atoms with Gasteiger partial charge in [0.1, 0.15) is 5.69 Å². The summed E-state index contributed by atoms with van der Waals surface area (Å²) in [7, 11) is 0. The SMILES string of the molecule is Cc1cc(NC(=O)Cc2ccc(C(F)(F)F)nc2)n[nH]1. The molecule has 0 aliphatic rings. The zero-order valence-electron chi connectivity index (χ0n) is 10.5. The molecule has 5 nitrogen and oxygen atoms in total. The lowest BCUT2D eigenvalue weighted by Gasteiger charge is -2.06. The van der Waals surface area contributed by atoms with Crippen molar-refractivity contribution in [3.8, 4) is 0 Å². The molecule has 0 aliphatic heterocycles. The number of aryl methyl sites for hydroxylation is 1. The number of anilines is 1. The topological polar surface area (TPSA) is 70.7 Å². The summed E-state index contributed by atoms with van der Waals surface area (Å²) in [6.45, 7) is 1.78. The van der Waals surface area contributed by atoms with Gasteiger partial charge < -0.3 is 5.32 Å². The van der Waals surface area contributed by atoms with Crippen LogP contribution in [0.15, 0.2) is 24.4 Å². The van der Waals surface area contributed by atoms with Gasteiger partial charge in [-0.25, -0.2) is 0 Å². The van der Waals surface area contributed by atoms with Gasteiger partial charge in [-0.15, -0.1) is 0 Å². The van der Waals surface area contributed by atoms with Gasteiger partial charge >= 0.3 is 6.18 Å². The van der Waals surface area contributed by atoms with Crippen LogP contribution in [0.4, 0.5) is 19.0 Å². The van der Waals surface area contributed by atoms with Gasteiger partial charge in [-0.05, 0) is 18.6 Å². The second kappa shape index (κ2) is 5.32. The van der Waals surface area contributed by atoms with Crippen LogP contribution in [-0.4, -0.2) is 21.1 Å². The number of halogens is 3. The number of pyridine rings is 1. The molecule has 0 unspecified atom stereocenters. The van der Waals surface area contributed by atoms with Crippen molar-refractivity contribution in [1.82, 2.24) is 15.2 Å². The van der Waals surface area contributed by atoms with Gasteiger partial charge in [0, 0.05) is 18.0 Å². The number of amides is 1. The van der Waals surface area contributed by atoms with Crippen molar-refractivity contribution in [2.75, 3.05) is 5.32 Å². The number of carbonyl (C=O) groups is 1. The number of nitrogens with zero attached hydrogens (tertiary/aromatic N) is 2. The normalized spacial score (nSPS) is 11.4. The van der Waals surface area contributed by atoms with Crippen LogP contribution in [0.25, 0.3) is 0 Å². The van der Waals surface area contributed by atoms with Gasteiger partial charge in [0.05, 0.1) is 6.42 Å². The van der Waals surface area contributed by atoms with Gasteiger partial charge in [-0.3, -0.25) is 14.9 Å². The van der Waals surface area contributed by atoms with E-state index >= 15 is 0 Å². The third kappa shape index (κ3) is 3.56. The molecule has 0 aliphatic carbocycles. The van der Waals surface area contributed by atoms with E-state index in [0.717, 1.165) is 18.0 Å². The number of nitrogens with one attached hydrogen (secondary N) is 2. The number of aromatic nitrogens is 3. The summed E-state index contributed by atoms with van der Waals surface area (Å²) in [5.41, 5.74) is 0.198. The number of hydrogen-bond acceptors (Lipinski definition) is 3. The minimum Gasteiger partial charge on any atom is -0.309 e. The Hall–Kier alpha value is -2.38. The monoisotopic (exact) mass is 284 g/mol. The van der Waals surface area contributed by atoms with Gasteiger partial charge in [-0.1, -0.05) is 6.07 Å². The van der Waals surface area contributed by atoms with Crippen LogP contribution in [0.2, 0.25) is 0 Å². The molecular formula is C12H11F3N4O. The molecule has 106 valence electrons. The molecule has 0 saturated carbocycles. The lowest BCUT2D eigenvalue weighted by Crippen LogP contribution is -2.15. The Labute approximate surface area is 112 Å². The second-order valence-electron chi connectivity index (χ2n) is 4.21. The predicted molar refractivity (Wildman–Crippen MR) is 64.9 cm³/mol. The molecule has 0 aromatic carbocycles. The van der Waals surface area contributed by atoms with Crippen LogP contribution >= 0.6 is 0 Å². The maximum Gasteiger partial charge on any atom is 0.433 e. The Morgan fingerprint density at radius 2 is 2.15 bits per heavy atom. The lowest BCUT2D eigenvalue weighted by molar-refractivity contribution is -0.141. The van der Waals surface area contributed by atoms with Crippen LogP contribution in [0.3, 0.4) is 0 Å². The highest BCUT2D eigenvalue weighted by molar-refractivity contribution is 5.91. The average Bonchev–Trinajstić information content (AvgIpc) is 2.74. The first kappa shape index (κ1) is 14.0. The molecule has 20 heavy (non-hydrogen) atoms. The van der Waals surface area contributed by atoms with E-state index < -0.39 is 11.9 Å². The van der Waals surface area contributed by atoms with Crippen LogP contribution in [0.1, 0.15) is 17.0 Å². The Bertz CT molecular complexity index is 604. The molecule has 2 rings (SSSR count). The molecule has 2 N–H and O–H groups in total. The number of alkyl halides is 3. The highest BCUT2D eigenvalue weighted by Gasteiger charge is 2.32. The van der Waals surface area contributed by atoms with Crippen LogP contribution < -0.4 is 5.32 Å². The number of rotatable bonds is 3. The summed E-state index contributed by atoms with van der Waals surface area (Å²) in [6, 6.07) is 3.72. The zero-order valence-corrected chi connectivity index (χ0v) is 10.5. The molecule has 8 heteroatoms. The molecule has 0 atom stereocenters. The molecule has 1 amide bonds. The zero-order chi connectivity index (χ0) is 14.8. The minimum atomic E-state index is -4.48. The third-order valence-corrected chi connectivity index (χ3v) is 2.45. The van der Waals surface area contributed by atoms with E-state index in [0.29, 0.717) is 11.4 Å². The van der Waals surface area contributed by atoms with Crippen molar-refractivity contribution in [3.05, 3.63) is 41.3 Å². The van der Waals surface area contributed by atoms with E-state index in [9.17, 15) is 18.0 Å². The lowest BCUT2D eigenvalue weighted by atomic mass is 10.2. The Balaban J connectivity index is 1.98. The summed E-state index contributed by atoms with van der Waals surface area (Å²) in [6.07, 6.45) is -3.51. The molecular weight excluding hydrogens is 273 g/mol. The predicted octanol–water partition coefficient (Wildman–Crippen LogP) is 2.31. The smallest absolute Gasteiger partial charge is 0.309 e. The van der Waals surface area contributed by atoms with Crippen molar-refractivity contribution in [1.29, 1.82) is 0 Å². The van der Waals surface area contributed by atoms with Gasteiger partial charge in [0.2, 0.25) is 5.91 Å². The van der Waals surface area contributed by atoms with Crippen LogP contribution in [0.5, 0.6) is 0 Å². The molecule has 2 aromatic rings. The maximum absolute atomic E-state index is 12.3. The summed E-state index contributed by atoms with van der Waals surface area (Å²) in [5.74, 6) is -0.00886. The molecule has 0 saturated heterocycles. The largest absolute Gasteiger partial charge is 0.433 e. The number of aromatic amines is 1. The average molecular weight is 284 g/mol. The molecule has 0 radical (unpaired) electrons. The number of carbonyl (C=O) groups excluding carboxylic acids is 1. The summed E-state index contributed by atoms with van der Waals surface area (Å²) in [4.78, 5) is 14.9. The molecule has 0 bridgehead atoms. The molecule has 2 heterocycles. The Kier molecular flexibility index (Phi) is 3.73. The summed E-state index contributed by atoms with van der Waals surface area (Å²) >= 11 is 0. The van der Waals surface area contributed by atoms with E-state index in [1.54, 1.807) is 13.0 Å². The fraction of sp³-hybridized carbons (Fsp3) is 0.250. The third-order valence-electron chi connectivity index (χ3n) is 2.45. The first-order valence-electron chi connectivity index (χ1n) is 5.68. The highest BCUT2D eigenvalue weighted by atomic mass is 19.4. The van der Waals surface area contributed by atoms with Crippen molar-refractivity contribution >= 4 is 11.7 Å². The number of hydrogen-bond donors (Lipinski definition) is 2. The van der Waals surface area contributed by atoms with Crippen molar-refractivity contribution in [2.24, 2.45) is 0 Å². The van der Waals surface area contributed by atoms with Crippen molar-refractivity contribution in [2.45, 2.75) is 19.5 Å². The Morgan fingerprint density at radius 3 is 2.65 bits per heavy atom. The maximum atomic E-state index is 12.3. The van der Waals surface area contributed by atoms with E-state index in [1.165, 1.54) is 6.07 Å². The van der Waals surface area contributed by atoms with E-state index in [-0.39, 0.29) is 12.3 Å². The Morgan fingerprint density at radius 1 is 1.40 bits per heavy atom. The standard InChI is InChI=1S/C12H11F3N4O/c1-7-4-10(19-18-7)17-11(20)5-8-2-3-9(16-6-8)12(13,14)15/h2-4,6H,5H2,1H3,(H2,17,18,19,20). The van der Waals surface area contributed by atoms with E-state index in [1.807, 2.05) is 0 Å². The summed E-state index contributed by atoms with van der Waals surface area (Å²) < 4.78 is 37.0. The van der Waals surface area contributed by atoms with E-state index in [4.69, 9.17) is 0 Å². The van der Waals surface area contributed by atoms with E-state index in [2.05, 4.69) is 20.5 Å².